The summed E-state index contributed by atoms with van der Waals surface area (Å²) in [4.78, 5) is 0. The van der Waals surface area contributed by atoms with E-state index in [9.17, 15) is 4.39 Å². The van der Waals surface area contributed by atoms with E-state index in [1.165, 1.54) is 12.1 Å². The van der Waals surface area contributed by atoms with Crippen molar-refractivity contribution < 1.29 is 13.9 Å². The molecule has 0 radical (unpaired) electrons. The molecule has 3 rings (SSSR count). The fourth-order valence-corrected chi connectivity index (χ4v) is 2.62. The molecular formula is C15H12BrFN2O2S. The minimum absolute atomic E-state index is 0.255. The number of fused-ring (bicyclic) bond motifs is 1. The van der Waals surface area contributed by atoms with E-state index in [-0.39, 0.29) is 12.6 Å². The molecule has 0 amide bonds. The van der Waals surface area contributed by atoms with Crippen LogP contribution in [0.5, 0.6) is 11.5 Å². The van der Waals surface area contributed by atoms with Gasteiger partial charge >= 0.3 is 0 Å². The predicted molar refractivity (Wildman–Crippen MR) is 89.7 cm³/mol. The molecule has 2 aromatic carbocycles. The van der Waals surface area contributed by atoms with E-state index in [1.807, 2.05) is 18.2 Å². The number of anilines is 1. The number of ether oxygens (including phenoxy) is 2. The minimum atomic E-state index is -0.309. The first-order valence-electron chi connectivity index (χ1n) is 6.50. The predicted octanol–water partition coefficient (Wildman–Crippen LogP) is 3.80. The topological polar surface area (TPSA) is 42.5 Å². The Bertz CT molecular complexity index is 727. The van der Waals surface area contributed by atoms with Crippen LogP contribution in [0.4, 0.5) is 10.1 Å². The van der Waals surface area contributed by atoms with Crippen LogP contribution in [0.25, 0.3) is 0 Å². The lowest BCUT2D eigenvalue weighted by Gasteiger charge is -2.12. The van der Waals surface area contributed by atoms with Crippen LogP contribution in [0, 0.1) is 5.82 Å². The van der Waals surface area contributed by atoms with Gasteiger partial charge in [0, 0.05) is 11.0 Å². The summed E-state index contributed by atoms with van der Waals surface area (Å²) in [5.74, 6) is 1.18. The zero-order chi connectivity index (χ0) is 15.5. The number of rotatable bonds is 3. The zero-order valence-electron chi connectivity index (χ0n) is 11.4. The Labute approximate surface area is 140 Å². The van der Waals surface area contributed by atoms with Gasteiger partial charge in [-0.25, -0.2) is 4.39 Å². The van der Waals surface area contributed by atoms with Crippen LogP contribution in [0.3, 0.4) is 0 Å². The molecule has 2 N–H and O–H groups in total. The second-order valence-electron chi connectivity index (χ2n) is 4.62. The van der Waals surface area contributed by atoms with Crippen molar-refractivity contribution in [1.82, 2.24) is 5.32 Å². The molecule has 7 heteroatoms. The molecule has 0 fully saturated rings. The molecule has 1 heterocycles. The van der Waals surface area contributed by atoms with Crippen molar-refractivity contribution in [1.29, 1.82) is 0 Å². The summed E-state index contributed by atoms with van der Waals surface area (Å²) in [5, 5.41) is 6.55. The maximum Gasteiger partial charge on any atom is 0.231 e. The molecule has 0 aromatic heterocycles. The van der Waals surface area contributed by atoms with Crippen LogP contribution in [0.2, 0.25) is 0 Å². The molecule has 4 nitrogen and oxygen atoms in total. The molecule has 0 bridgehead atoms. The van der Waals surface area contributed by atoms with Gasteiger partial charge in [-0.1, -0.05) is 6.07 Å². The van der Waals surface area contributed by atoms with Crippen LogP contribution < -0.4 is 20.1 Å². The molecule has 0 saturated heterocycles. The Kier molecular flexibility index (Phi) is 4.44. The van der Waals surface area contributed by atoms with E-state index in [2.05, 4.69) is 26.6 Å². The number of halogens is 2. The summed E-state index contributed by atoms with van der Waals surface area (Å²) in [6.45, 7) is 0.798. The highest BCUT2D eigenvalue weighted by Crippen LogP contribution is 2.32. The average molecular weight is 383 g/mol. The third-order valence-electron chi connectivity index (χ3n) is 3.07. The zero-order valence-corrected chi connectivity index (χ0v) is 13.8. The van der Waals surface area contributed by atoms with Crippen molar-refractivity contribution in [3.63, 3.8) is 0 Å². The Morgan fingerprint density at radius 3 is 2.82 bits per heavy atom. The van der Waals surface area contributed by atoms with Crippen LogP contribution in [-0.4, -0.2) is 11.9 Å². The summed E-state index contributed by atoms with van der Waals surface area (Å²) in [6, 6.07) is 10.1. The van der Waals surface area contributed by atoms with E-state index in [0.717, 1.165) is 17.1 Å². The molecular weight excluding hydrogens is 371 g/mol. The van der Waals surface area contributed by atoms with Crippen molar-refractivity contribution in [3.8, 4) is 11.5 Å². The fraction of sp³-hybridized carbons (Fsp3) is 0.133. The molecule has 0 spiro atoms. The van der Waals surface area contributed by atoms with Gasteiger partial charge in [-0.05, 0) is 64.0 Å². The molecule has 22 heavy (non-hydrogen) atoms. The number of thiocarbonyl (C=S) groups is 1. The smallest absolute Gasteiger partial charge is 0.231 e. The van der Waals surface area contributed by atoms with E-state index in [1.54, 1.807) is 6.07 Å². The Morgan fingerprint density at radius 2 is 2.00 bits per heavy atom. The average Bonchev–Trinajstić information content (AvgIpc) is 2.95. The van der Waals surface area contributed by atoms with Crippen molar-refractivity contribution in [2.75, 3.05) is 12.1 Å². The quantitative estimate of drug-likeness (QED) is 0.790. The lowest BCUT2D eigenvalue weighted by atomic mass is 10.2. The fourth-order valence-electron chi connectivity index (χ4n) is 1.99. The highest BCUT2D eigenvalue weighted by molar-refractivity contribution is 9.10. The maximum absolute atomic E-state index is 13.0. The second-order valence-corrected chi connectivity index (χ2v) is 5.88. The van der Waals surface area contributed by atoms with Gasteiger partial charge in [0.25, 0.3) is 0 Å². The monoisotopic (exact) mass is 382 g/mol. The first-order chi connectivity index (χ1) is 10.6. The van der Waals surface area contributed by atoms with E-state index in [0.29, 0.717) is 21.8 Å². The Balaban J connectivity index is 1.58. The lowest BCUT2D eigenvalue weighted by Crippen LogP contribution is -2.28. The molecule has 0 atom stereocenters. The standard InChI is InChI=1S/C15H12BrFN2O2S/c16-11-6-10(17)2-3-12(11)19-15(22)18-7-9-1-4-13-14(5-9)21-8-20-13/h1-6H,7-8H2,(H2,18,19,22). The van der Waals surface area contributed by atoms with Crippen molar-refractivity contribution >= 4 is 38.9 Å². The van der Waals surface area contributed by atoms with Crippen molar-refractivity contribution in [2.24, 2.45) is 0 Å². The van der Waals surface area contributed by atoms with Gasteiger partial charge in [-0.15, -0.1) is 0 Å². The van der Waals surface area contributed by atoms with Crippen molar-refractivity contribution in [3.05, 3.63) is 52.3 Å². The van der Waals surface area contributed by atoms with Gasteiger partial charge in [0.15, 0.2) is 16.6 Å². The minimum Gasteiger partial charge on any atom is -0.454 e. The molecule has 0 saturated carbocycles. The van der Waals surface area contributed by atoms with Crippen LogP contribution in [0.15, 0.2) is 40.9 Å². The third kappa shape index (κ3) is 3.48. The summed E-state index contributed by atoms with van der Waals surface area (Å²) in [5.41, 5.74) is 1.72. The summed E-state index contributed by atoms with van der Waals surface area (Å²) >= 11 is 8.52. The first kappa shape index (κ1) is 15.1. The highest BCUT2D eigenvalue weighted by Gasteiger charge is 2.13. The largest absolute Gasteiger partial charge is 0.454 e. The number of benzene rings is 2. The lowest BCUT2D eigenvalue weighted by molar-refractivity contribution is 0.174. The van der Waals surface area contributed by atoms with Gasteiger partial charge in [0.1, 0.15) is 5.82 Å². The molecule has 2 aromatic rings. The van der Waals surface area contributed by atoms with Crippen LogP contribution in [-0.2, 0) is 6.54 Å². The van der Waals surface area contributed by atoms with E-state index >= 15 is 0 Å². The summed E-state index contributed by atoms with van der Waals surface area (Å²) in [7, 11) is 0. The number of nitrogens with one attached hydrogen (secondary N) is 2. The maximum atomic E-state index is 13.0. The van der Waals surface area contributed by atoms with E-state index in [4.69, 9.17) is 21.7 Å². The molecule has 0 unspecified atom stereocenters. The van der Waals surface area contributed by atoms with Crippen LogP contribution >= 0.6 is 28.1 Å². The third-order valence-corrected chi connectivity index (χ3v) is 3.97. The highest BCUT2D eigenvalue weighted by atomic mass is 79.9. The normalized spacial score (nSPS) is 12.1. The Hall–Kier alpha value is -1.86. The van der Waals surface area contributed by atoms with Gasteiger partial charge in [0.2, 0.25) is 6.79 Å². The first-order valence-corrected chi connectivity index (χ1v) is 7.70. The van der Waals surface area contributed by atoms with Gasteiger partial charge in [-0.2, -0.15) is 0 Å². The number of hydrogen-bond donors (Lipinski definition) is 2. The summed E-state index contributed by atoms with van der Waals surface area (Å²) < 4.78 is 24.2. The Morgan fingerprint density at radius 1 is 1.18 bits per heavy atom. The van der Waals surface area contributed by atoms with Gasteiger partial charge in [0.05, 0.1) is 5.69 Å². The molecule has 1 aliphatic rings. The van der Waals surface area contributed by atoms with Crippen molar-refractivity contribution in [2.45, 2.75) is 6.54 Å². The van der Waals surface area contributed by atoms with Gasteiger partial charge < -0.3 is 20.1 Å². The number of hydrogen-bond acceptors (Lipinski definition) is 3. The van der Waals surface area contributed by atoms with Crippen LogP contribution in [0.1, 0.15) is 5.56 Å². The van der Waals surface area contributed by atoms with E-state index < -0.39 is 0 Å². The molecule has 0 aliphatic carbocycles. The SMILES string of the molecule is Fc1ccc(NC(=S)NCc2ccc3c(c2)OCO3)c(Br)c1. The molecule has 114 valence electrons. The summed E-state index contributed by atoms with van der Waals surface area (Å²) in [6.07, 6.45) is 0. The molecule has 1 aliphatic heterocycles. The second kappa shape index (κ2) is 6.50. The van der Waals surface area contributed by atoms with Gasteiger partial charge in [-0.3, -0.25) is 0 Å².